The number of fused-ring (bicyclic) bond motifs is 1. The number of hydrogen-bond acceptors (Lipinski definition) is 7. The smallest absolute Gasteiger partial charge is 0.201 e. The van der Waals surface area contributed by atoms with E-state index >= 15 is 0 Å². The Hall–Kier alpha value is -3.33. The number of hydrogen-bond donors (Lipinski definition) is 3. The second kappa shape index (κ2) is 6.84. The van der Waals surface area contributed by atoms with E-state index < -0.39 is 0 Å². The molecule has 9 heteroatoms. The fourth-order valence-corrected chi connectivity index (χ4v) is 4.91. The zero-order chi connectivity index (χ0) is 21.8. The van der Waals surface area contributed by atoms with E-state index in [1.54, 1.807) is 18.5 Å². The summed E-state index contributed by atoms with van der Waals surface area (Å²) < 4.78 is 1.90. The van der Waals surface area contributed by atoms with Crippen LogP contribution in [0.2, 0.25) is 0 Å². The predicted octanol–water partition coefficient (Wildman–Crippen LogP) is 3.47. The number of nitrogens with zero attached hydrogens (tertiary/aromatic N) is 6. The molecule has 0 spiro atoms. The van der Waals surface area contributed by atoms with Crippen LogP contribution in [0.4, 0.5) is 0 Å². The maximum atomic E-state index is 10.6. The lowest BCUT2D eigenvalue weighted by Gasteiger charge is -2.46. The molecule has 3 N–H and O–H groups in total. The highest BCUT2D eigenvalue weighted by Crippen LogP contribution is 2.37. The minimum Gasteiger partial charge on any atom is -0.507 e. The van der Waals surface area contributed by atoms with Gasteiger partial charge in [0.05, 0.1) is 17.9 Å². The zero-order valence-corrected chi connectivity index (χ0v) is 18.1. The van der Waals surface area contributed by atoms with Crippen molar-refractivity contribution >= 4 is 11.2 Å². The first-order chi connectivity index (χ1) is 14.7. The lowest BCUT2D eigenvalue weighted by atomic mass is 9.80. The van der Waals surface area contributed by atoms with Gasteiger partial charge in [-0.3, -0.25) is 5.10 Å². The molecule has 9 nitrogen and oxygen atoms in total. The monoisotopic (exact) mass is 418 g/mol. The van der Waals surface area contributed by atoms with Gasteiger partial charge >= 0.3 is 0 Å². The van der Waals surface area contributed by atoms with Crippen molar-refractivity contribution in [2.75, 3.05) is 0 Å². The molecule has 0 radical (unpaired) electrons. The number of phenols is 1. The van der Waals surface area contributed by atoms with Gasteiger partial charge in [0.25, 0.3) is 0 Å². The summed E-state index contributed by atoms with van der Waals surface area (Å²) in [6, 6.07) is 7.45. The van der Waals surface area contributed by atoms with Crippen LogP contribution >= 0.6 is 0 Å². The average Bonchev–Trinajstić information content (AvgIpc) is 3.35. The van der Waals surface area contributed by atoms with Crippen LogP contribution in [-0.2, 0) is 0 Å². The van der Waals surface area contributed by atoms with Gasteiger partial charge in [0, 0.05) is 28.4 Å². The van der Waals surface area contributed by atoms with Gasteiger partial charge in [-0.05, 0) is 64.3 Å². The summed E-state index contributed by atoms with van der Waals surface area (Å²) in [4.78, 5) is 0. The molecule has 31 heavy (non-hydrogen) atoms. The fourth-order valence-electron chi connectivity index (χ4n) is 4.91. The Bertz CT molecular complexity index is 1230. The molecule has 0 unspecified atom stereocenters. The molecule has 0 saturated carbocycles. The van der Waals surface area contributed by atoms with E-state index in [0.717, 1.165) is 24.0 Å². The van der Waals surface area contributed by atoms with Crippen molar-refractivity contribution in [1.82, 2.24) is 40.7 Å². The Morgan fingerprint density at radius 3 is 2.45 bits per heavy atom. The third kappa shape index (κ3) is 3.65. The summed E-state index contributed by atoms with van der Waals surface area (Å²) in [5.41, 5.74) is 4.22. The molecule has 1 aliphatic rings. The first-order valence-electron chi connectivity index (χ1n) is 10.4. The van der Waals surface area contributed by atoms with Crippen LogP contribution in [0.3, 0.4) is 0 Å². The third-order valence-corrected chi connectivity index (χ3v) is 5.84. The lowest BCUT2D eigenvalue weighted by molar-refractivity contribution is 0.127. The number of phenolic OH excluding ortho intramolecular Hbond substituents is 1. The van der Waals surface area contributed by atoms with Crippen molar-refractivity contribution in [1.29, 1.82) is 0 Å². The quantitative estimate of drug-likeness (QED) is 0.466. The fraction of sp³-hybridized carbons (Fsp3) is 0.409. The van der Waals surface area contributed by atoms with E-state index in [1.807, 2.05) is 22.9 Å². The first kappa shape index (κ1) is 19.6. The molecule has 0 atom stereocenters. The van der Waals surface area contributed by atoms with Crippen LogP contribution in [0.25, 0.3) is 33.5 Å². The average molecular weight is 419 g/mol. The van der Waals surface area contributed by atoms with Gasteiger partial charge in [0.15, 0.2) is 0 Å². The minimum atomic E-state index is -0.0133. The number of rotatable bonds is 3. The second-order valence-electron chi connectivity index (χ2n) is 9.65. The Kier molecular flexibility index (Phi) is 4.33. The molecule has 1 saturated heterocycles. The Labute approximate surface area is 179 Å². The van der Waals surface area contributed by atoms with E-state index in [1.165, 1.54) is 0 Å². The summed E-state index contributed by atoms with van der Waals surface area (Å²) in [5, 5.41) is 38.6. The van der Waals surface area contributed by atoms with E-state index in [4.69, 9.17) is 0 Å². The molecule has 0 bridgehead atoms. The minimum absolute atomic E-state index is 0.0133. The van der Waals surface area contributed by atoms with Gasteiger partial charge in [-0.25, -0.2) is 4.68 Å². The maximum absolute atomic E-state index is 10.6. The summed E-state index contributed by atoms with van der Waals surface area (Å²) >= 11 is 0. The molecule has 5 rings (SSSR count). The molecule has 1 fully saturated rings. The van der Waals surface area contributed by atoms with Gasteiger partial charge < -0.3 is 10.4 Å². The molecule has 0 aliphatic carbocycles. The topological polar surface area (TPSA) is 117 Å². The van der Waals surface area contributed by atoms with Gasteiger partial charge in [-0.1, -0.05) is 11.3 Å². The number of benzene rings is 1. The van der Waals surface area contributed by atoms with Gasteiger partial charge in [0.1, 0.15) is 11.3 Å². The van der Waals surface area contributed by atoms with Crippen LogP contribution in [0.1, 0.15) is 46.6 Å². The standard InChI is InChI=1S/C22H26N8O/c1-21(2)9-15(10-22(3,4)28-21)30-20-18(26-29-30)8-17(25-27-20)16-6-5-13(7-19(16)31)14-11-23-24-12-14/h5-8,11-12,15,28,31H,9-10H2,1-4H3,(H,23,24). The van der Waals surface area contributed by atoms with Crippen molar-refractivity contribution in [3.8, 4) is 28.1 Å². The van der Waals surface area contributed by atoms with Crippen LogP contribution < -0.4 is 5.32 Å². The van der Waals surface area contributed by atoms with Crippen molar-refractivity contribution in [2.45, 2.75) is 57.7 Å². The second-order valence-corrected chi connectivity index (χ2v) is 9.65. The summed E-state index contributed by atoms with van der Waals surface area (Å²) in [7, 11) is 0. The molecular weight excluding hydrogens is 392 g/mol. The molecule has 1 aromatic carbocycles. The first-order valence-corrected chi connectivity index (χ1v) is 10.4. The number of aromatic amines is 1. The summed E-state index contributed by atoms with van der Waals surface area (Å²) in [6.07, 6.45) is 5.34. The van der Waals surface area contributed by atoms with Gasteiger partial charge in [-0.15, -0.1) is 15.3 Å². The van der Waals surface area contributed by atoms with E-state index in [9.17, 15) is 5.11 Å². The predicted molar refractivity (Wildman–Crippen MR) is 117 cm³/mol. The number of aromatic nitrogens is 7. The van der Waals surface area contributed by atoms with Crippen LogP contribution in [0.15, 0.2) is 36.7 Å². The van der Waals surface area contributed by atoms with Crippen LogP contribution in [0.5, 0.6) is 5.75 Å². The van der Waals surface area contributed by atoms with E-state index in [-0.39, 0.29) is 22.9 Å². The van der Waals surface area contributed by atoms with E-state index in [0.29, 0.717) is 22.4 Å². The van der Waals surface area contributed by atoms with Crippen molar-refractivity contribution in [3.63, 3.8) is 0 Å². The van der Waals surface area contributed by atoms with E-state index in [2.05, 4.69) is 63.7 Å². The maximum Gasteiger partial charge on any atom is 0.201 e. The molecule has 3 aromatic heterocycles. The SMILES string of the molecule is CC1(C)CC(n2nnc3cc(-c4ccc(-c5cn[nH]c5)cc4O)nnc32)CC(C)(C)N1. The van der Waals surface area contributed by atoms with Crippen molar-refractivity contribution in [2.24, 2.45) is 0 Å². The number of nitrogens with one attached hydrogen (secondary N) is 2. The Balaban J connectivity index is 1.49. The largest absolute Gasteiger partial charge is 0.507 e. The van der Waals surface area contributed by atoms with Gasteiger partial charge in [0.2, 0.25) is 5.65 Å². The molecule has 1 aliphatic heterocycles. The molecule has 4 heterocycles. The number of H-pyrrole nitrogens is 1. The molecule has 160 valence electrons. The third-order valence-electron chi connectivity index (χ3n) is 5.84. The van der Waals surface area contributed by atoms with Crippen molar-refractivity contribution in [3.05, 3.63) is 36.7 Å². The normalized spacial score (nSPS) is 18.5. The molecule has 0 amide bonds. The lowest BCUT2D eigenvalue weighted by Crippen LogP contribution is -2.58. The van der Waals surface area contributed by atoms with Crippen LogP contribution in [-0.4, -0.2) is 51.6 Å². The highest BCUT2D eigenvalue weighted by molar-refractivity contribution is 5.79. The summed E-state index contributed by atoms with van der Waals surface area (Å²) in [6.45, 7) is 8.83. The number of piperidine rings is 1. The summed E-state index contributed by atoms with van der Waals surface area (Å²) in [5.74, 6) is 0.126. The van der Waals surface area contributed by atoms with Gasteiger partial charge in [-0.2, -0.15) is 5.10 Å². The highest BCUT2D eigenvalue weighted by atomic mass is 16.3. The molecular formula is C22H26N8O. The number of aromatic hydroxyl groups is 1. The molecule has 4 aromatic rings. The Morgan fingerprint density at radius 2 is 1.77 bits per heavy atom. The van der Waals surface area contributed by atoms with Crippen molar-refractivity contribution < 1.29 is 5.11 Å². The van der Waals surface area contributed by atoms with Crippen LogP contribution in [0, 0.1) is 0 Å². The Morgan fingerprint density at radius 1 is 1.00 bits per heavy atom. The zero-order valence-electron chi connectivity index (χ0n) is 18.1. The highest BCUT2D eigenvalue weighted by Gasteiger charge is 2.39.